The highest BCUT2D eigenvalue weighted by molar-refractivity contribution is 9.10. The lowest BCUT2D eigenvalue weighted by Crippen LogP contribution is -2.41. The summed E-state index contributed by atoms with van der Waals surface area (Å²) in [6.07, 6.45) is 4.74. The second kappa shape index (κ2) is 6.51. The summed E-state index contributed by atoms with van der Waals surface area (Å²) in [7, 11) is 0. The van der Waals surface area contributed by atoms with E-state index in [1.54, 1.807) is 0 Å². The van der Waals surface area contributed by atoms with E-state index in [0.29, 0.717) is 12.0 Å². The summed E-state index contributed by atoms with van der Waals surface area (Å²) in [6.45, 7) is 2.41. The number of furan rings is 1. The fourth-order valence-electron chi connectivity index (χ4n) is 3.30. The molecule has 114 valence electrons. The standard InChI is InChI=1S/C17H22BrNO2/c1-11(19-15-5-3-2-4-12(15)10-20)17-9-13-8-14(18)6-7-16(13)21-17/h6-9,11-12,15,19-20H,2-5,10H2,1H3. The number of nitrogens with one attached hydrogen (secondary N) is 1. The summed E-state index contributed by atoms with van der Waals surface area (Å²) in [5.74, 6) is 1.34. The second-order valence-electron chi connectivity index (χ2n) is 6.05. The molecule has 1 aliphatic carbocycles. The third-order valence-electron chi connectivity index (χ3n) is 4.53. The van der Waals surface area contributed by atoms with Gasteiger partial charge in [0.25, 0.3) is 0 Å². The first-order valence-electron chi connectivity index (χ1n) is 7.73. The van der Waals surface area contributed by atoms with E-state index in [1.807, 2.05) is 12.1 Å². The zero-order valence-electron chi connectivity index (χ0n) is 12.3. The number of benzene rings is 1. The smallest absolute Gasteiger partial charge is 0.134 e. The lowest BCUT2D eigenvalue weighted by molar-refractivity contribution is 0.145. The quantitative estimate of drug-likeness (QED) is 0.858. The van der Waals surface area contributed by atoms with Crippen molar-refractivity contribution in [2.24, 2.45) is 5.92 Å². The molecule has 1 aromatic heterocycles. The number of hydrogen-bond acceptors (Lipinski definition) is 3. The molecule has 0 spiro atoms. The average molecular weight is 352 g/mol. The van der Waals surface area contributed by atoms with Gasteiger partial charge in [-0.1, -0.05) is 28.8 Å². The molecule has 1 aliphatic rings. The normalized spacial score (nSPS) is 24.3. The van der Waals surface area contributed by atoms with Gasteiger partial charge >= 0.3 is 0 Å². The molecule has 3 atom stereocenters. The van der Waals surface area contributed by atoms with Crippen LogP contribution in [0.5, 0.6) is 0 Å². The minimum absolute atomic E-state index is 0.160. The summed E-state index contributed by atoms with van der Waals surface area (Å²) in [5, 5.41) is 14.3. The summed E-state index contributed by atoms with van der Waals surface area (Å²) in [6, 6.07) is 8.72. The summed E-state index contributed by atoms with van der Waals surface area (Å²) in [5.41, 5.74) is 0.921. The zero-order chi connectivity index (χ0) is 14.8. The van der Waals surface area contributed by atoms with Crippen LogP contribution in [0.2, 0.25) is 0 Å². The lowest BCUT2D eigenvalue weighted by Gasteiger charge is -2.32. The van der Waals surface area contributed by atoms with Crippen molar-refractivity contribution >= 4 is 26.9 Å². The highest BCUT2D eigenvalue weighted by atomic mass is 79.9. The first-order chi connectivity index (χ1) is 10.2. The molecule has 0 bridgehead atoms. The van der Waals surface area contributed by atoms with Crippen LogP contribution in [0.15, 0.2) is 33.2 Å². The minimum atomic E-state index is 0.160. The summed E-state index contributed by atoms with van der Waals surface area (Å²) >= 11 is 3.49. The topological polar surface area (TPSA) is 45.4 Å². The Morgan fingerprint density at radius 2 is 2.14 bits per heavy atom. The first kappa shape index (κ1) is 15.1. The predicted molar refractivity (Wildman–Crippen MR) is 88.3 cm³/mol. The van der Waals surface area contributed by atoms with Gasteiger partial charge in [0.2, 0.25) is 0 Å². The summed E-state index contributed by atoms with van der Waals surface area (Å²) < 4.78 is 7.01. The molecule has 3 nitrogen and oxygen atoms in total. The number of rotatable bonds is 4. The Bertz CT molecular complexity index is 610. The number of fused-ring (bicyclic) bond motifs is 1. The average Bonchev–Trinajstić information content (AvgIpc) is 2.91. The van der Waals surface area contributed by atoms with Crippen molar-refractivity contribution in [3.63, 3.8) is 0 Å². The van der Waals surface area contributed by atoms with Crippen LogP contribution in [-0.2, 0) is 0 Å². The van der Waals surface area contributed by atoms with Crippen molar-refractivity contribution in [2.75, 3.05) is 6.61 Å². The fourth-order valence-corrected chi connectivity index (χ4v) is 3.68. The van der Waals surface area contributed by atoms with Crippen LogP contribution in [0, 0.1) is 5.92 Å². The van der Waals surface area contributed by atoms with Gasteiger partial charge in [0.05, 0.1) is 6.04 Å². The number of aliphatic hydroxyl groups is 1. The molecular weight excluding hydrogens is 330 g/mol. The van der Waals surface area contributed by atoms with E-state index in [9.17, 15) is 5.11 Å². The van der Waals surface area contributed by atoms with Crippen LogP contribution in [-0.4, -0.2) is 17.8 Å². The van der Waals surface area contributed by atoms with E-state index in [2.05, 4.69) is 40.3 Å². The maximum absolute atomic E-state index is 9.52. The Labute approximate surface area is 133 Å². The molecule has 1 fully saturated rings. The van der Waals surface area contributed by atoms with Gasteiger partial charge in [-0.2, -0.15) is 0 Å². The Kier molecular flexibility index (Phi) is 4.67. The van der Waals surface area contributed by atoms with Gasteiger partial charge in [-0.15, -0.1) is 0 Å². The largest absolute Gasteiger partial charge is 0.459 e. The van der Waals surface area contributed by atoms with E-state index < -0.39 is 0 Å². The van der Waals surface area contributed by atoms with E-state index in [4.69, 9.17) is 4.42 Å². The fraction of sp³-hybridized carbons (Fsp3) is 0.529. The lowest BCUT2D eigenvalue weighted by atomic mass is 9.84. The van der Waals surface area contributed by atoms with Crippen molar-refractivity contribution in [3.8, 4) is 0 Å². The van der Waals surface area contributed by atoms with Gasteiger partial charge in [-0.05, 0) is 49.9 Å². The molecule has 0 saturated heterocycles. The molecule has 4 heteroatoms. The highest BCUT2D eigenvalue weighted by Gasteiger charge is 2.26. The van der Waals surface area contributed by atoms with Crippen LogP contribution in [0.25, 0.3) is 11.0 Å². The Hall–Kier alpha value is -0.840. The maximum Gasteiger partial charge on any atom is 0.134 e. The molecule has 0 aliphatic heterocycles. The maximum atomic E-state index is 9.52. The van der Waals surface area contributed by atoms with Crippen molar-refractivity contribution in [3.05, 3.63) is 34.5 Å². The van der Waals surface area contributed by atoms with Gasteiger partial charge in [0.1, 0.15) is 11.3 Å². The molecule has 2 N–H and O–H groups in total. The van der Waals surface area contributed by atoms with E-state index in [-0.39, 0.29) is 12.6 Å². The molecule has 1 heterocycles. The molecular formula is C17H22BrNO2. The van der Waals surface area contributed by atoms with Crippen molar-refractivity contribution in [1.29, 1.82) is 0 Å². The highest BCUT2D eigenvalue weighted by Crippen LogP contribution is 2.29. The number of aliphatic hydroxyl groups excluding tert-OH is 1. The van der Waals surface area contributed by atoms with Gasteiger partial charge in [0, 0.05) is 22.5 Å². The molecule has 1 saturated carbocycles. The monoisotopic (exact) mass is 351 g/mol. The Balaban J connectivity index is 1.75. The van der Waals surface area contributed by atoms with Gasteiger partial charge in [-0.3, -0.25) is 0 Å². The third kappa shape index (κ3) is 3.33. The Morgan fingerprint density at radius 1 is 1.33 bits per heavy atom. The molecule has 3 rings (SSSR count). The van der Waals surface area contributed by atoms with E-state index >= 15 is 0 Å². The van der Waals surface area contributed by atoms with Crippen LogP contribution in [0.1, 0.15) is 44.4 Å². The summed E-state index contributed by atoms with van der Waals surface area (Å²) in [4.78, 5) is 0. The zero-order valence-corrected chi connectivity index (χ0v) is 13.9. The third-order valence-corrected chi connectivity index (χ3v) is 5.03. The van der Waals surface area contributed by atoms with Crippen molar-refractivity contribution < 1.29 is 9.52 Å². The van der Waals surface area contributed by atoms with E-state index in [0.717, 1.165) is 34.0 Å². The van der Waals surface area contributed by atoms with E-state index in [1.165, 1.54) is 12.8 Å². The molecule has 21 heavy (non-hydrogen) atoms. The van der Waals surface area contributed by atoms with Crippen LogP contribution >= 0.6 is 15.9 Å². The second-order valence-corrected chi connectivity index (χ2v) is 6.97. The molecule has 0 radical (unpaired) electrons. The van der Waals surface area contributed by atoms with Gasteiger partial charge in [0.15, 0.2) is 0 Å². The number of halogens is 1. The van der Waals surface area contributed by atoms with Crippen LogP contribution in [0.3, 0.4) is 0 Å². The van der Waals surface area contributed by atoms with Crippen LogP contribution in [0.4, 0.5) is 0 Å². The van der Waals surface area contributed by atoms with Gasteiger partial charge in [-0.25, -0.2) is 0 Å². The van der Waals surface area contributed by atoms with Gasteiger partial charge < -0.3 is 14.8 Å². The van der Waals surface area contributed by atoms with Crippen LogP contribution < -0.4 is 5.32 Å². The molecule has 3 unspecified atom stereocenters. The predicted octanol–water partition coefficient (Wildman–Crippen LogP) is 4.40. The molecule has 0 amide bonds. The number of hydrogen-bond donors (Lipinski definition) is 2. The SMILES string of the molecule is CC(NC1CCCCC1CO)c1cc2cc(Br)ccc2o1. The first-order valence-corrected chi connectivity index (χ1v) is 8.52. The minimum Gasteiger partial charge on any atom is -0.459 e. The molecule has 1 aromatic carbocycles. The van der Waals surface area contributed by atoms with Crippen molar-refractivity contribution in [2.45, 2.75) is 44.7 Å². The van der Waals surface area contributed by atoms with Crippen molar-refractivity contribution in [1.82, 2.24) is 5.32 Å². The Morgan fingerprint density at radius 3 is 2.95 bits per heavy atom. The molecule has 2 aromatic rings.